The van der Waals surface area contributed by atoms with Crippen molar-refractivity contribution >= 4 is 29.3 Å². The molecule has 120 valence electrons. The Morgan fingerprint density at radius 3 is 2.26 bits per heavy atom. The molecule has 0 aromatic heterocycles. The fourth-order valence-corrected chi connectivity index (χ4v) is 3.20. The maximum Gasteiger partial charge on any atom is 0.336 e. The first kappa shape index (κ1) is 17.1. The number of para-hydroxylation sites is 1. The lowest BCUT2D eigenvalue weighted by molar-refractivity contribution is -0.116. The van der Waals surface area contributed by atoms with Crippen molar-refractivity contribution in [1.82, 2.24) is 0 Å². The molecule has 0 bridgehead atoms. The third-order valence-electron chi connectivity index (χ3n) is 3.29. The van der Waals surface area contributed by atoms with Crippen LogP contribution in [0.5, 0.6) is 0 Å². The molecule has 1 amide bonds. The van der Waals surface area contributed by atoms with Crippen molar-refractivity contribution in [2.24, 2.45) is 0 Å². The first-order valence-corrected chi connectivity index (χ1v) is 8.31. The van der Waals surface area contributed by atoms with E-state index < -0.39 is 5.97 Å². The fourth-order valence-electron chi connectivity index (χ4n) is 2.30. The van der Waals surface area contributed by atoms with Crippen LogP contribution in [0.3, 0.4) is 0 Å². The zero-order valence-corrected chi connectivity index (χ0v) is 13.9. The van der Waals surface area contributed by atoms with E-state index in [9.17, 15) is 14.7 Å². The molecule has 4 nitrogen and oxygen atoms in total. The second-order valence-electron chi connectivity index (χ2n) is 5.28. The van der Waals surface area contributed by atoms with Crippen LogP contribution in [-0.4, -0.2) is 28.8 Å². The number of carbonyl (C=O) groups excluding carboxylic acids is 1. The molecular formula is C18H19NO3S. The minimum atomic E-state index is -0.982. The molecule has 0 aliphatic carbocycles. The van der Waals surface area contributed by atoms with Gasteiger partial charge in [0.2, 0.25) is 5.91 Å². The van der Waals surface area contributed by atoms with Crippen LogP contribution < -0.4 is 4.90 Å². The van der Waals surface area contributed by atoms with E-state index in [0.29, 0.717) is 4.90 Å². The predicted octanol–water partition coefficient (Wildman–Crippen LogP) is 3.92. The van der Waals surface area contributed by atoms with Crippen molar-refractivity contribution < 1.29 is 14.7 Å². The first-order valence-electron chi connectivity index (χ1n) is 7.33. The van der Waals surface area contributed by atoms with Crippen molar-refractivity contribution in [3.63, 3.8) is 0 Å². The zero-order chi connectivity index (χ0) is 16.8. The van der Waals surface area contributed by atoms with Gasteiger partial charge in [0.1, 0.15) is 0 Å². The number of hydrogen-bond acceptors (Lipinski definition) is 3. The van der Waals surface area contributed by atoms with Crippen LogP contribution >= 0.6 is 11.8 Å². The summed E-state index contributed by atoms with van der Waals surface area (Å²) in [6.07, 6.45) is 0. The van der Waals surface area contributed by atoms with Gasteiger partial charge in [-0.2, -0.15) is 0 Å². The monoisotopic (exact) mass is 329 g/mol. The Hall–Kier alpha value is -2.27. The zero-order valence-electron chi connectivity index (χ0n) is 13.1. The van der Waals surface area contributed by atoms with Crippen LogP contribution in [0.4, 0.5) is 5.69 Å². The number of nitrogens with zero attached hydrogens (tertiary/aromatic N) is 1. The fraction of sp³-hybridized carbons (Fsp3) is 0.222. The number of thioether (sulfide) groups is 1. The van der Waals surface area contributed by atoms with E-state index in [0.717, 1.165) is 5.69 Å². The van der Waals surface area contributed by atoms with Crippen LogP contribution in [0.25, 0.3) is 0 Å². The van der Waals surface area contributed by atoms with E-state index in [1.807, 2.05) is 44.2 Å². The lowest BCUT2D eigenvalue weighted by Crippen LogP contribution is -2.38. The van der Waals surface area contributed by atoms with Crippen LogP contribution in [0, 0.1) is 0 Å². The number of anilines is 1. The Morgan fingerprint density at radius 1 is 1.04 bits per heavy atom. The molecule has 0 atom stereocenters. The molecule has 0 aliphatic rings. The van der Waals surface area contributed by atoms with Gasteiger partial charge in [0, 0.05) is 16.6 Å². The summed E-state index contributed by atoms with van der Waals surface area (Å²) in [7, 11) is 0. The number of hydrogen-bond donors (Lipinski definition) is 1. The van der Waals surface area contributed by atoms with Crippen LogP contribution in [-0.2, 0) is 4.79 Å². The third-order valence-corrected chi connectivity index (χ3v) is 4.35. The Bertz CT molecular complexity index is 686. The van der Waals surface area contributed by atoms with Gasteiger partial charge in [-0.3, -0.25) is 4.79 Å². The molecule has 23 heavy (non-hydrogen) atoms. The Labute approximate surface area is 140 Å². The van der Waals surface area contributed by atoms with Gasteiger partial charge in [-0.05, 0) is 38.1 Å². The van der Waals surface area contributed by atoms with Crippen LogP contribution in [0.15, 0.2) is 59.5 Å². The molecule has 5 heteroatoms. The molecule has 2 rings (SSSR count). The summed E-state index contributed by atoms with van der Waals surface area (Å²) in [5.74, 6) is -0.835. The van der Waals surface area contributed by atoms with Crippen LogP contribution in [0.1, 0.15) is 24.2 Å². The maximum absolute atomic E-state index is 12.6. The molecule has 0 saturated carbocycles. The molecular weight excluding hydrogens is 310 g/mol. The van der Waals surface area contributed by atoms with E-state index in [4.69, 9.17) is 0 Å². The van der Waals surface area contributed by atoms with Gasteiger partial charge in [-0.15, -0.1) is 11.8 Å². The first-order chi connectivity index (χ1) is 11.0. The second kappa shape index (κ2) is 7.83. The summed E-state index contributed by atoms with van der Waals surface area (Å²) in [6.45, 7) is 3.92. The van der Waals surface area contributed by atoms with Crippen molar-refractivity contribution in [1.29, 1.82) is 0 Å². The number of rotatable bonds is 6. The Balaban J connectivity index is 2.13. The molecule has 0 aliphatic heterocycles. The molecule has 0 saturated heterocycles. The van der Waals surface area contributed by atoms with Gasteiger partial charge < -0.3 is 10.0 Å². The maximum atomic E-state index is 12.6. The van der Waals surface area contributed by atoms with Crippen molar-refractivity contribution in [3.05, 3.63) is 60.2 Å². The summed E-state index contributed by atoms with van der Waals surface area (Å²) < 4.78 is 0. The SMILES string of the molecule is CC(C)N(C(=O)CSc1ccccc1C(=O)O)c1ccccc1. The second-order valence-corrected chi connectivity index (χ2v) is 6.30. The molecule has 0 fully saturated rings. The summed E-state index contributed by atoms with van der Waals surface area (Å²) in [6, 6.07) is 16.2. The number of aromatic carboxylic acids is 1. The highest BCUT2D eigenvalue weighted by Crippen LogP contribution is 2.25. The number of benzene rings is 2. The van der Waals surface area contributed by atoms with Gasteiger partial charge >= 0.3 is 5.97 Å². The molecule has 0 heterocycles. The highest BCUT2D eigenvalue weighted by molar-refractivity contribution is 8.00. The molecule has 0 unspecified atom stereocenters. The van der Waals surface area contributed by atoms with Crippen LogP contribution in [0.2, 0.25) is 0 Å². The lowest BCUT2D eigenvalue weighted by Gasteiger charge is -2.27. The van der Waals surface area contributed by atoms with Gasteiger partial charge in [0.05, 0.1) is 11.3 Å². The summed E-state index contributed by atoms with van der Waals surface area (Å²) in [4.78, 5) is 26.2. The van der Waals surface area contributed by atoms with E-state index >= 15 is 0 Å². The van der Waals surface area contributed by atoms with E-state index in [-0.39, 0.29) is 23.3 Å². The smallest absolute Gasteiger partial charge is 0.336 e. The molecule has 0 radical (unpaired) electrons. The van der Waals surface area contributed by atoms with E-state index in [1.54, 1.807) is 29.2 Å². The summed E-state index contributed by atoms with van der Waals surface area (Å²) in [5.41, 5.74) is 1.07. The third kappa shape index (κ3) is 4.36. The van der Waals surface area contributed by atoms with Crippen molar-refractivity contribution in [2.75, 3.05) is 10.7 Å². The number of amides is 1. The normalized spacial score (nSPS) is 10.6. The predicted molar refractivity (Wildman–Crippen MR) is 93.2 cm³/mol. The number of carboxylic acid groups (broad SMARTS) is 1. The van der Waals surface area contributed by atoms with Crippen molar-refractivity contribution in [3.8, 4) is 0 Å². The molecule has 2 aromatic carbocycles. The minimum Gasteiger partial charge on any atom is -0.478 e. The molecule has 0 spiro atoms. The van der Waals surface area contributed by atoms with Gasteiger partial charge in [-0.1, -0.05) is 30.3 Å². The molecule has 2 aromatic rings. The Kier molecular flexibility index (Phi) is 5.82. The average Bonchev–Trinajstić information content (AvgIpc) is 2.54. The standard InChI is InChI=1S/C18H19NO3S/c1-13(2)19(14-8-4-3-5-9-14)17(20)12-23-16-11-7-6-10-15(16)18(21)22/h3-11,13H,12H2,1-2H3,(H,21,22). The lowest BCUT2D eigenvalue weighted by atomic mass is 10.2. The number of carboxylic acids is 1. The highest BCUT2D eigenvalue weighted by Gasteiger charge is 2.20. The number of carbonyl (C=O) groups is 2. The summed E-state index contributed by atoms with van der Waals surface area (Å²) in [5, 5.41) is 9.20. The van der Waals surface area contributed by atoms with Crippen molar-refractivity contribution in [2.45, 2.75) is 24.8 Å². The summed E-state index contributed by atoms with van der Waals surface area (Å²) >= 11 is 1.25. The minimum absolute atomic E-state index is 0.0280. The topological polar surface area (TPSA) is 57.6 Å². The van der Waals surface area contributed by atoms with Gasteiger partial charge in [0.25, 0.3) is 0 Å². The quantitative estimate of drug-likeness (QED) is 0.816. The average molecular weight is 329 g/mol. The highest BCUT2D eigenvalue weighted by atomic mass is 32.2. The van der Waals surface area contributed by atoms with Gasteiger partial charge in [-0.25, -0.2) is 4.79 Å². The molecule has 1 N–H and O–H groups in total. The Morgan fingerprint density at radius 2 is 1.65 bits per heavy atom. The van der Waals surface area contributed by atoms with Gasteiger partial charge in [0.15, 0.2) is 0 Å². The van der Waals surface area contributed by atoms with E-state index in [1.165, 1.54) is 11.8 Å². The van der Waals surface area contributed by atoms with E-state index in [2.05, 4.69) is 0 Å². The largest absolute Gasteiger partial charge is 0.478 e.